The normalized spacial score (nSPS) is 35.0. The molecule has 144 valence electrons. The van der Waals surface area contributed by atoms with E-state index in [1.165, 1.54) is 57.8 Å². The van der Waals surface area contributed by atoms with Gasteiger partial charge in [0.05, 0.1) is 24.4 Å². The van der Waals surface area contributed by atoms with Crippen LogP contribution in [0.3, 0.4) is 0 Å². The second-order valence-electron chi connectivity index (χ2n) is 8.93. The molecule has 1 saturated carbocycles. The van der Waals surface area contributed by atoms with Crippen LogP contribution in [0.25, 0.3) is 0 Å². The SMILES string of the molecule is CC(O)(CCC1C2CCC(O2)C1CCCCC=CCO)C1CCCC1. The third-order valence-corrected chi connectivity index (χ3v) is 7.24. The van der Waals surface area contributed by atoms with Crippen LogP contribution in [0.2, 0.25) is 0 Å². The molecular weight excluding hydrogens is 312 g/mol. The number of allylic oxidation sites excluding steroid dienone is 1. The van der Waals surface area contributed by atoms with Gasteiger partial charge in [0.1, 0.15) is 0 Å². The van der Waals surface area contributed by atoms with Crippen molar-refractivity contribution < 1.29 is 14.9 Å². The van der Waals surface area contributed by atoms with E-state index in [-0.39, 0.29) is 6.61 Å². The first-order valence-corrected chi connectivity index (χ1v) is 10.8. The second-order valence-corrected chi connectivity index (χ2v) is 8.93. The van der Waals surface area contributed by atoms with Gasteiger partial charge in [0.25, 0.3) is 0 Å². The molecule has 0 aromatic rings. The average molecular weight is 351 g/mol. The molecule has 3 rings (SSSR count). The molecule has 0 aromatic heterocycles. The summed E-state index contributed by atoms with van der Waals surface area (Å²) in [4.78, 5) is 0. The second kappa shape index (κ2) is 9.01. The number of unbranched alkanes of at least 4 members (excludes halogenated alkanes) is 2. The molecule has 3 fully saturated rings. The van der Waals surface area contributed by atoms with Crippen LogP contribution in [0.5, 0.6) is 0 Å². The van der Waals surface area contributed by atoms with Crippen molar-refractivity contribution in [3.63, 3.8) is 0 Å². The molecule has 25 heavy (non-hydrogen) atoms. The summed E-state index contributed by atoms with van der Waals surface area (Å²) in [6, 6.07) is 0. The molecule has 0 amide bonds. The van der Waals surface area contributed by atoms with Crippen LogP contribution >= 0.6 is 0 Å². The number of aliphatic hydroxyl groups excluding tert-OH is 1. The Labute approximate surface area is 153 Å². The monoisotopic (exact) mass is 350 g/mol. The van der Waals surface area contributed by atoms with Crippen LogP contribution in [0, 0.1) is 17.8 Å². The first-order valence-electron chi connectivity index (χ1n) is 10.8. The zero-order valence-electron chi connectivity index (χ0n) is 16.0. The van der Waals surface area contributed by atoms with Crippen molar-refractivity contribution in [3.05, 3.63) is 12.2 Å². The van der Waals surface area contributed by atoms with Crippen LogP contribution < -0.4 is 0 Å². The molecule has 2 aliphatic heterocycles. The predicted octanol–water partition coefficient (Wildman–Crippen LogP) is 4.61. The Balaban J connectivity index is 1.46. The Morgan fingerprint density at radius 2 is 1.64 bits per heavy atom. The molecule has 2 N–H and O–H groups in total. The number of ether oxygens (including phenoxy) is 1. The van der Waals surface area contributed by atoms with E-state index in [9.17, 15) is 5.11 Å². The number of aliphatic hydroxyl groups is 2. The fourth-order valence-corrected chi connectivity index (χ4v) is 5.72. The molecular formula is C22H38O3. The standard InChI is InChI=1S/C22H38O3/c1-22(24,17-9-6-7-10-17)15-14-19-18(20-12-13-21(19)25-20)11-5-3-2-4-8-16-23/h4,8,17-21,23-24H,2-3,5-7,9-16H2,1H3. The summed E-state index contributed by atoms with van der Waals surface area (Å²) in [5.41, 5.74) is -0.474. The van der Waals surface area contributed by atoms with Crippen molar-refractivity contribution in [2.75, 3.05) is 6.61 Å². The number of hydrogen-bond donors (Lipinski definition) is 2. The molecule has 3 nitrogen and oxygen atoms in total. The van der Waals surface area contributed by atoms with Gasteiger partial charge in [0.2, 0.25) is 0 Å². The molecule has 5 atom stereocenters. The van der Waals surface area contributed by atoms with Crippen LogP contribution in [0.15, 0.2) is 12.2 Å². The van der Waals surface area contributed by atoms with E-state index < -0.39 is 5.60 Å². The lowest BCUT2D eigenvalue weighted by molar-refractivity contribution is -0.0155. The topological polar surface area (TPSA) is 49.7 Å². The van der Waals surface area contributed by atoms with Gasteiger partial charge in [-0.05, 0) is 82.5 Å². The van der Waals surface area contributed by atoms with Crippen molar-refractivity contribution in [2.24, 2.45) is 17.8 Å². The van der Waals surface area contributed by atoms with Gasteiger partial charge in [-0.15, -0.1) is 0 Å². The van der Waals surface area contributed by atoms with E-state index in [0.29, 0.717) is 30.0 Å². The van der Waals surface area contributed by atoms with Crippen LogP contribution in [0.4, 0.5) is 0 Å². The molecule has 2 heterocycles. The third kappa shape index (κ3) is 4.87. The molecule has 0 aromatic carbocycles. The van der Waals surface area contributed by atoms with Gasteiger partial charge in [-0.3, -0.25) is 0 Å². The maximum Gasteiger partial charge on any atom is 0.0647 e. The average Bonchev–Trinajstić information content (AvgIpc) is 3.33. The highest BCUT2D eigenvalue weighted by molar-refractivity contribution is 4.97. The molecule has 0 spiro atoms. The number of hydrogen-bond acceptors (Lipinski definition) is 3. The minimum atomic E-state index is -0.474. The van der Waals surface area contributed by atoms with Crippen LogP contribution in [0.1, 0.15) is 84.0 Å². The van der Waals surface area contributed by atoms with E-state index in [2.05, 4.69) is 13.0 Å². The first-order chi connectivity index (χ1) is 12.1. The van der Waals surface area contributed by atoms with Gasteiger partial charge in [-0.1, -0.05) is 31.4 Å². The summed E-state index contributed by atoms with van der Waals surface area (Å²) in [5.74, 6) is 1.89. The van der Waals surface area contributed by atoms with Crippen molar-refractivity contribution in [1.29, 1.82) is 0 Å². The maximum atomic E-state index is 11.0. The number of fused-ring (bicyclic) bond motifs is 2. The Bertz CT molecular complexity index is 425. The van der Waals surface area contributed by atoms with Crippen molar-refractivity contribution >= 4 is 0 Å². The Hall–Kier alpha value is -0.380. The van der Waals surface area contributed by atoms with Crippen molar-refractivity contribution in [1.82, 2.24) is 0 Å². The van der Waals surface area contributed by atoms with E-state index in [0.717, 1.165) is 19.3 Å². The zero-order valence-corrected chi connectivity index (χ0v) is 16.0. The third-order valence-electron chi connectivity index (χ3n) is 7.24. The molecule has 2 saturated heterocycles. The van der Waals surface area contributed by atoms with Gasteiger partial charge in [-0.25, -0.2) is 0 Å². The number of rotatable bonds is 10. The maximum absolute atomic E-state index is 11.0. The summed E-state index contributed by atoms with van der Waals surface area (Å²) < 4.78 is 6.26. The van der Waals surface area contributed by atoms with Gasteiger partial charge in [0.15, 0.2) is 0 Å². The highest BCUT2D eigenvalue weighted by atomic mass is 16.5. The van der Waals surface area contributed by atoms with Crippen molar-refractivity contribution in [3.8, 4) is 0 Å². The predicted molar refractivity (Wildman–Crippen MR) is 101 cm³/mol. The van der Waals surface area contributed by atoms with E-state index in [1.54, 1.807) is 0 Å². The molecule has 0 radical (unpaired) electrons. The highest BCUT2D eigenvalue weighted by Crippen LogP contribution is 2.49. The molecule has 3 heteroatoms. The zero-order chi connectivity index (χ0) is 17.7. The molecule has 2 bridgehead atoms. The Kier molecular flexibility index (Phi) is 6.99. The Morgan fingerprint density at radius 1 is 0.960 bits per heavy atom. The smallest absolute Gasteiger partial charge is 0.0647 e. The fourth-order valence-electron chi connectivity index (χ4n) is 5.72. The lowest BCUT2D eigenvalue weighted by Gasteiger charge is -2.34. The van der Waals surface area contributed by atoms with Gasteiger partial charge < -0.3 is 14.9 Å². The summed E-state index contributed by atoms with van der Waals surface area (Å²) in [7, 11) is 0. The Morgan fingerprint density at radius 3 is 2.32 bits per heavy atom. The molecule has 1 aliphatic carbocycles. The van der Waals surface area contributed by atoms with E-state index in [4.69, 9.17) is 9.84 Å². The first kappa shape index (κ1) is 19.4. The van der Waals surface area contributed by atoms with E-state index >= 15 is 0 Å². The summed E-state index contributed by atoms with van der Waals surface area (Å²) in [5, 5.41) is 19.7. The van der Waals surface area contributed by atoms with Crippen molar-refractivity contribution in [2.45, 2.75) is 102 Å². The lowest BCUT2D eigenvalue weighted by Crippen LogP contribution is -2.35. The summed E-state index contributed by atoms with van der Waals surface area (Å²) in [6.45, 7) is 2.24. The fraction of sp³-hybridized carbons (Fsp3) is 0.909. The largest absolute Gasteiger partial charge is 0.392 e. The minimum Gasteiger partial charge on any atom is -0.392 e. The van der Waals surface area contributed by atoms with Gasteiger partial charge >= 0.3 is 0 Å². The van der Waals surface area contributed by atoms with Gasteiger partial charge in [-0.2, -0.15) is 0 Å². The van der Waals surface area contributed by atoms with E-state index in [1.807, 2.05) is 6.08 Å². The molecule has 3 aliphatic rings. The molecule has 5 unspecified atom stereocenters. The van der Waals surface area contributed by atoms with Crippen LogP contribution in [-0.2, 0) is 4.74 Å². The minimum absolute atomic E-state index is 0.156. The summed E-state index contributed by atoms with van der Waals surface area (Å²) in [6.07, 6.45) is 19.3. The highest BCUT2D eigenvalue weighted by Gasteiger charge is 2.48. The summed E-state index contributed by atoms with van der Waals surface area (Å²) >= 11 is 0. The van der Waals surface area contributed by atoms with Gasteiger partial charge in [0, 0.05) is 0 Å². The van der Waals surface area contributed by atoms with Crippen LogP contribution in [-0.4, -0.2) is 34.6 Å². The quantitative estimate of drug-likeness (QED) is 0.447. The lowest BCUT2D eigenvalue weighted by atomic mass is 9.72.